The third-order valence-electron chi connectivity index (χ3n) is 8.89. The minimum atomic E-state index is 1.15. The van der Waals surface area contributed by atoms with Crippen molar-refractivity contribution in [2.45, 2.75) is 69.2 Å². The van der Waals surface area contributed by atoms with Crippen molar-refractivity contribution in [1.82, 2.24) is 0 Å². The molecule has 0 aromatic heterocycles. The van der Waals surface area contributed by atoms with Gasteiger partial charge in [0.05, 0.1) is 0 Å². The van der Waals surface area contributed by atoms with Crippen LogP contribution in [0.3, 0.4) is 0 Å². The molecule has 0 atom stereocenters. The molecule has 2 heteroatoms. The van der Waals surface area contributed by atoms with Crippen molar-refractivity contribution < 1.29 is 0 Å². The molecule has 0 aliphatic rings. The fourth-order valence-corrected chi connectivity index (χ4v) is 7.22. The average molecular weight is 681 g/mol. The van der Waals surface area contributed by atoms with Crippen molar-refractivity contribution in [2.24, 2.45) is 0 Å². The molecule has 0 fully saturated rings. The van der Waals surface area contributed by atoms with Gasteiger partial charge in [0.15, 0.2) is 0 Å². The molecule has 214 valence electrons. The molecule has 5 aromatic rings. The highest BCUT2D eigenvalue weighted by Crippen LogP contribution is 2.41. The fourth-order valence-electron chi connectivity index (χ4n) is 6.53. The van der Waals surface area contributed by atoms with E-state index in [1.807, 2.05) is 0 Å². The summed E-state index contributed by atoms with van der Waals surface area (Å²) < 4.78 is 2.31. The highest BCUT2D eigenvalue weighted by molar-refractivity contribution is 9.10. The van der Waals surface area contributed by atoms with E-state index in [9.17, 15) is 0 Å². The molecular weight excluding hydrogens is 640 g/mol. The lowest BCUT2D eigenvalue weighted by Gasteiger charge is -2.20. The molecule has 0 amide bonds. The molecule has 0 heterocycles. The van der Waals surface area contributed by atoms with E-state index in [0.717, 1.165) is 8.95 Å². The number of benzene rings is 5. The van der Waals surface area contributed by atoms with Crippen LogP contribution in [0.2, 0.25) is 0 Å². The van der Waals surface area contributed by atoms with Crippen LogP contribution in [0.25, 0.3) is 44.5 Å². The Hall–Kier alpha value is -2.94. The lowest BCUT2D eigenvalue weighted by Crippen LogP contribution is -1.97. The first-order valence-corrected chi connectivity index (χ1v) is 16.2. The van der Waals surface area contributed by atoms with E-state index in [1.54, 1.807) is 0 Å². The second-order valence-electron chi connectivity index (χ2n) is 12.3. The first kappa shape index (κ1) is 30.5. The number of hydrogen-bond acceptors (Lipinski definition) is 0. The summed E-state index contributed by atoms with van der Waals surface area (Å²) >= 11 is 7.56. The van der Waals surface area contributed by atoms with Gasteiger partial charge < -0.3 is 0 Å². The summed E-state index contributed by atoms with van der Waals surface area (Å²) in [5.41, 5.74) is 23.3. The highest BCUT2D eigenvalue weighted by Gasteiger charge is 2.18. The van der Waals surface area contributed by atoms with Crippen LogP contribution in [0.4, 0.5) is 0 Å². The summed E-state index contributed by atoms with van der Waals surface area (Å²) in [5, 5.41) is 0. The maximum absolute atomic E-state index is 3.78. The van der Waals surface area contributed by atoms with E-state index in [0.29, 0.717) is 0 Å². The van der Waals surface area contributed by atoms with E-state index >= 15 is 0 Å². The maximum atomic E-state index is 3.78. The van der Waals surface area contributed by atoms with Crippen molar-refractivity contribution >= 4 is 31.9 Å². The molecule has 5 rings (SSSR count). The molecule has 0 aliphatic heterocycles. The number of rotatable bonds is 4. The molecule has 0 aliphatic carbocycles. The zero-order valence-corrected chi connectivity index (χ0v) is 29.7. The van der Waals surface area contributed by atoms with Gasteiger partial charge in [-0.3, -0.25) is 0 Å². The second-order valence-corrected chi connectivity index (χ2v) is 14.0. The van der Waals surface area contributed by atoms with Crippen molar-refractivity contribution in [3.05, 3.63) is 125 Å². The van der Waals surface area contributed by atoms with Gasteiger partial charge in [-0.1, -0.05) is 62.2 Å². The molecule has 0 bridgehead atoms. The monoisotopic (exact) mass is 678 g/mol. The predicted molar refractivity (Wildman–Crippen MR) is 191 cm³/mol. The fraction of sp³-hybridized carbons (Fsp3) is 0.250. The predicted octanol–water partition coefficient (Wildman–Crippen LogP) is 13.0. The van der Waals surface area contributed by atoms with E-state index in [-0.39, 0.29) is 0 Å². The Morgan fingerprint density at radius 3 is 0.619 bits per heavy atom. The standard InChI is InChI=1S/C40H40Br2/c1-21-11-22(2)32(34-18-36(26(6)13-24(34)4)38-20-40(42)30(10)15-28(38)8)16-31(21)33-17-35(25(5)12-23(33)3)37-19-39(41)29(9)14-27(37)7/h11-20H,1-10H3. The highest BCUT2D eigenvalue weighted by atomic mass is 79.9. The average Bonchev–Trinajstić information content (AvgIpc) is 2.90. The van der Waals surface area contributed by atoms with Crippen molar-refractivity contribution in [2.75, 3.05) is 0 Å². The Balaban J connectivity index is 1.72. The summed E-state index contributed by atoms with van der Waals surface area (Å²) in [6.45, 7) is 22.2. The van der Waals surface area contributed by atoms with Gasteiger partial charge in [-0.15, -0.1) is 0 Å². The van der Waals surface area contributed by atoms with Crippen LogP contribution in [-0.2, 0) is 0 Å². The molecule has 42 heavy (non-hydrogen) atoms. The Kier molecular flexibility index (Phi) is 8.45. The van der Waals surface area contributed by atoms with Gasteiger partial charge in [0, 0.05) is 8.95 Å². The Bertz CT molecular complexity index is 1750. The summed E-state index contributed by atoms with van der Waals surface area (Å²) in [4.78, 5) is 0. The number of hydrogen-bond donors (Lipinski definition) is 0. The molecule has 0 saturated heterocycles. The van der Waals surface area contributed by atoms with Gasteiger partial charge in [-0.25, -0.2) is 0 Å². The Morgan fingerprint density at radius 2 is 0.405 bits per heavy atom. The zero-order valence-electron chi connectivity index (χ0n) is 26.5. The van der Waals surface area contributed by atoms with Gasteiger partial charge >= 0.3 is 0 Å². The Morgan fingerprint density at radius 1 is 0.238 bits per heavy atom. The molecule has 0 unspecified atom stereocenters. The normalized spacial score (nSPS) is 11.3. The van der Waals surface area contributed by atoms with Crippen LogP contribution in [-0.4, -0.2) is 0 Å². The molecule has 0 nitrogen and oxygen atoms in total. The summed E-state index contributed by atoms with van der Waals surface area (Å²) in [5.74, 6) is 0. The summed E-state index contributed by atoms with van der Waals surface area (Å²) in [7, 11) is 0. The van der Waals surface area contributed by atoms with E-state index in [4.69, 9.17) is 0 Å². The molecule has 5 aromatic carbocycles. The van der Waals surface area contributed by atoms with Crippen LogP contribution >= 0.6 is 31.9 Å². The van der Waals surface area contributed by atoms with Crippen LogP contribution in [0, 0.1) is 69.2 Å². The van der Waals surface area contributed by atoms with Crippen LogP contribution in [0.15, 0.2) is 69.6 Å². The van der Waals surface area contributed by atoms with E-state index < -0.39 is 0 Å². The summed E-state index contributed by atoms with van der Waals surface area (Å²) in [6.07, 6.45) is 0. The number of halogens is 2. The maximum Gasteiger partial charge on any atom is 0.0210 e. The van der Waals surface area contributed by atoms with Crippen LogP contribution < -0.4 is 0 Å². The third-order valence-corrected chi connectivity index (χ3v) is 10.6. The first-order valence-electron chi connectivity index (χ1n) is 14.7. The largest absolute Gasteiger partial charge is 0.0551 e. The molecule has 0 saturated carbocycles. The van der Waals surface area contributed by atoms with E-state index in [2.05, 4.69) is 162 Å². The smallest absolute Gasteiger partial charge is 0.0210 e. The van der Waals surface area contributed by atoms with Crippen LogP contribution in [0.1, 0.15) is 55.6 Å². The SMILES string of the molecule is Cc1cc(C)c(-c2cc(-c3cc(-c4cc(-c5cc(Br)c(C)cc5C)c(C)cc4C)c(C)cc3C)c(C)cc2C)cc1Br. The zero-order chi connectivity index (χ0) is 30.6. The van der Waals surface area contributed by atoms with Crippen molar-refractivity contribution in [3.63, 3.8) is 0 Å². The van der Waals surface area contributed by atoms with Gasteiger partial charge in [0.2, 0.25) is 0 Å². The lowest BCUT2D eigenvalue weighted by atomic mass is 9.84. The molecular formula is C40H40Br2. The molecule has 0 radical (unpaired) electrons. The minimum Gasteiger partial charge on any atom is -0.0551 e. The second kappa shape index (κ2) is 11.6. The van der Waals surface area contributed by atoms with E-state index in [1.165, 1.54) is 100 Å². The van der Waals surface area contributed by atoms with Crippen molar-refractivity contribution in [3.8, 4) is 44.5 Å². The molecule has 0 N–H and O–H groups in total. The lowest BCUT2D eigenvalue weighted by molar-refractivity contribution is 1.31. The quantitative estimate of drug-likeness (QED) is 0.177. The van der Waals surface area contributed by atoms with Gasteiger partial charge in [0.25, 0.3) is 0 Å². The molecule has 0 spiro atoms. The number of aryl methyl sites for hydroxylation is 10. The van der Waals surface area contributed by atoms with Crippen molar-refractivity contribution in [1.29, 1.82) is 0 Å². The topological polar surface area (TPSA) is 0 Å². The summed E-state index contributed by atoms with van der Waals surface area (Å²) in [6, 6.07) is 23.4. The third kappa shape index (κ3) is 5.56. The van der Waals surface area contributed by atoms with Gasteiger partial charge in [-0.2, -0.15) is 0 Å². The Labute approximate surface area is 269 Å². The minimum absolute atomic E-state index is 1.15. The first-order chi connectivity index (χ1) is 19.8. The van der Waals surface area contributed by atoms with Gasteiger partial charge in [0.1, 0.15) is 0 Å². The van der Waals surface area contributed by atoms with Gasteiger partial charge in [-0.05, 0) is 200 Å². The van der Waals surface area contributed by atoms with Crippen LogP contribution in [0.5, 0.6) is 0 Å².